The molecule has 33 heavy (non-hydrogen) atoms. The molecule has 176 valence electrons. The van der Waals surface area contributed by atoms with Gasteiger partial charge in [0, 0.05) is 22.7 Å². The van der Waals surface area contributed by atoms with Gasteiger partial charge in [0.15, 0.2) is 0 Å². The lowest BCUT2D eigenvalue weighted by atomic mass is 9.79. The van der Waals surface area contributed by atoms with Crippen LogP contribution in [0.15, 0.2) is 36.8 Å². The first kappa shape index (κ1) is 24.1. The number of anilines is 1. The van der Waals surface area contributed by atoms with Crippen molar-refractivity contribution in [2.24, 2.45) is 0 Å². The molecule has 1 aliphatic rings. The Morgan fingerprint density at radius 1 is 1.09 bits per heavy atom. The number of carboxylic acid groups (broad SMARTS) is 1. The number of rotatable bonds is 4. The molecule has 1 saturated heterocycles. The standard InChI is InChI=1S/C22H27FN6O.CH2O2/c1-21(2)8-14(9-22(3,4)29-21)27-19-12-24-17(11-25-19)15-6-5-13(7-18(15)30)16-10-26-28-20(16)23;2-1-3/h5-7,10-12,14,29-30H,8-9H2,1-4H3,(H,25,27)(H,26,28);1H,(H,2,3). The Kier molecular flexibility index (Phi) is 6.97. The Bertz CT molecular complexity index is 1080. The van der Waals surface area contributed by atoms with Gasteiger partial charge in [-0.05, 0) is 58.2 Å². The number of carbonyl (C=O) groups is 1. The molecule has 3 aromatic rings. The van der Waals surface area contributed by atoms with E-state index in [4.69, 9.17) is 9.90 Å². The van der Waals surface area contributed by atoms with Gasteiger partial charge in [0.2, 0.25) is 5.95 Å². The summed E-state index contributed by atoms with van der Waals surface area (Å²) in [5.41, 5.74) is 1.98. The number of hydrogen-bond donors (Lipinski definition) is 5. The van der Waals surface area contributed by atoms with Gasteiger partial charge in [-0.25, -0.2) is 4.98 Å². The quantitative estimate of drug-likeness (QED) is 0.374. The number of H-pyrrole nitrogens is 1. The van der Waals surface area contributed by atoms with Crippen LogP contribution in [0.4, 0.5) is 10.2 Å². The van der Waals surface area contributed by atoms with E-state index >= 15 is 0 Å². The van der Waals surface area contributed by atoms with Crippen molar-refractivity contribution in [3.05, 3.63) is 42.7 Å². The van der Waals surface area contributed by atoms with Crippen molar-refractivity contribution in [1.29, 1.82) is 0 Å². The molecule has 0 amide bonds. The van der Waals surface area contributed by atoms with Crippen molar-refractivity contribution >= 4 is 12.3 Å². The van der Waals surface area contributed by atoms with Gasteiger partial charge in [-0.3, -0.25) is 14.9 Å². The van der Waals surface area contributed by atoms with Gasteiger partial charge >= 0.3 is 0 Å². The van der Waals surface area contributed by atoms with E-state index in [9.17, 15) is 9.50 Å². The predicted octanol–water partition coefficient (Wildman–Crippen LogP) is 3.80. The molecule has 2 aromatic heterocycles. The van der Waals surface area contributed by atoms with Gasteiger partial charge in [-0.1, -0.05) is 6.07 Å². The highest BCUT2D eigenvalue weighted by molar-refractivity contribution is 5.73. The minimum atomic E-state index is -0.540. The van der Waals surface area contributed by atoms with Crippen molar-refractivity contribution in [3.8, 4) is 28.1 Å². The molecule has 0 bridgehead atoms. The molecule has 0 saturated carbocycles. The SMILES string of the molecule is CC1(C)CC(Nc2cnc(-c3ccc(-c4cn[nH]c4F)cc3O)cn2)CC(C)(C)N1.O=CO. The zero-order valence-electron chi connectivity index (χ0n) is 19.1. The molecule has 3 heterocycles. The van der Waals surface area contributed by atoms with Crippen LogP contribution in [0.2, 0.25) is 0 Å². The average Bonchev–Trinajstić information content (AvgIpc) is 3.13. The van der Waals surface area contributed by atoms with Crippen molar-refractivity contribution in [2.75, 3.05) is 5.32 Å². The molecule has 1 aliphatic heterocycles. The van der Waals surface area contributed by atoms with Crippen LogP contribution < -0.4 is 10.6 Å². The van der Waals surface area contributed by atoms with Crippen LogP contribution in [-0.4, -0.2) is 54.0 Å². The van der Waals surface area contributed by atoms with Gasteiger partial charge in [0.05, 0.1) is 29.8 Å². The van der Waals surface area contributed by atoms with E-state index in [0.717, 1.165) is 12.8 Å². The van der Waals surface area contributed by atoms with Crippen molar-refractivity contribution in [3.63, 3.8) is 0 Å². The largest absolute Gasteiger partial charge is 0.507 e. The molecule has 0 unspecified atom stereocenters. The third-order valence-corrected chi connectivity index (χ3v) is 5.37. The molecular weight excluding hydrogens is 427 g/mol. The van der Waals surface area contributed by atoms with Crippen LogP contribution >= 0.6 is 0 Å². The second-order valence-electron chi connectivity index (χ2n) is 9.36. The first-order chi connectivity index (χ1) is 15.5. The number of aromatic amines is 1. The zero-order valence-corrected chi connectivity index (χ0v) is 19.1. The summed E-state index contributed by atoms with van der Waals surface area (Å²) in [6, 6.07) is 5.20. The van der Waals surface area contributed by atoms with E-state index in [1.807, 2.05) is 0 Å². The second-order valence-corrected chi connectivity index (χ2v) is 9.36. The summed E-state index contributed by atoms with van der Waals surface area (Å²) in [5, 5.41) is 30.4. The summed E-state index contributed by atoms with van der Waals surface area (Å²) < 4.78 is 13.7. The molecule has 0 aliphatic carbocycles. The van der Waals surface area contributed by atoms with E-state index < -0.39 is 5.95 Å². The summed E-state index contributed by atoms with van der Waals surface area (Å²) >= 11 is 0. The number of halogens is 1. The van der Waals surface area contributed by atoms with E-state index in [1.165, 1.54) is 12.3 Å². The summed E-state index contributed by atoms with van der Waals surface area (Å²) in [5.74, 6) is 0.167. The Morgan fingerprint density at radius 3 is 2.27 bits per heavy atom. The number of piperidine rings is 1. The molecule has 4 rings (SSSR count). The monoisotopic (exact) mass is 456 g/mol. The number of nitrogens with zero attached hydrogens (tertiary/aromatic N) is 3. The molecule has 0 atom stereocenters. The Morgan fingerprint density at radius 2 is 1.76 bits per heavy atom. The topological polar surface area (TPSA) is 136 Å². The number of aromatic nitrogens is 4. The maximum Gasteiger partial charge on any atom is 0.290 e. The van der Waals surface area contributed by atoms with Crippen LogP contribution in [0, 0.1) is 5.95 Å². The predicted molar refractivity (Wildman–Crippen MR) is 123 cm³/mol. The van der Waals surface area contributed by atoms with Crippen LogP contribution in [0.25, 0.3) is 22.4 Å². The highest BCUT2D eigenvalue weighted by Gasteiger charge is 2.37. The van der Waals surface area contributed by atoms with Crippen LogP contribution in [0.1, 0.15) is 40.5 Å². The fourth-order valence-corrected chi connectivity index (χ4v) is 4.56. The molecule has 5 N–H and O–H groups in total. The fraction of sp³-hybridized carbons (Fsp3) is 0.391. The number of aromatic hydroxyl groups is 1. The molecule has 10 heteroatoms. The minimum Gasteiger partial charge on any atom is -0.507 e. The summed E-state index contributed by atoms with van der Waals surface area (Å²) in [4.78, 5) is 17.3. The van der Waals surface area contributed by atoms with E-state index in [0.29, 0.717) is 28.2 Å². The molecule has 0 spiro atoms. The lowest BCUT2D eigenvalue weighted by Crippen LogP contribution is -2.60. The lowest BCUT2D eigenvalue weighted by Gasteiger charge is -2.46. The number of hydrogen-bond acceptors (Lipinski definition) is 7. The molecule has 0 radical (unpaired) electrons. The Balaban J connectivity index is 0.000000968. The number of nitrogens with one attached hydrogen (secondary N) is 3. The minimum absolute atomic E-state index is 0.00460. The van der Waals surface area contributed by atoms with Gasteiger partial charge in [0.1, 0.15) is 11.6 Å². The molecular formula is C23H29FN6O3. The highest BCUT2D eigenvalue weighted by atomic mass is 19.1. The second kappa shape index (κ2) is 9.53. The molecule has 9 nitrogen and oxygen atoms in total. The van der Waals surface area contributed by atoms with Gasteiger partial charge in [-0.2, -0.15) is 9.49 Å². The van der Waals surface area contributed by atoms with Crippen LogP contribution in [0.3, 0.4) is 0 Å². The summed E-state index contributed by atoms with van der Waals surface area (Å²) in [6.07, 6.45) is 6.65. The number of phenols is 1. The number of phenolic OH excluding ortho intramolecular Hbond substituents is 1. The van der Waals surface area contributed by atoms with Gasteiger partial charge < -0.3 is 20.8 Å². The average molecular weight is 457 g/mol. The lowest BCUT2D eigenvalue weighted by molar-refractivity contribution is -0.122. The highest BCUT2D eigenvalue weighted by Crippen LogP contribution is 2.33. The first-order valence-electron chi connectivity index (χ1n) is 10.5. The maximum atomic E-state index is 13.7. The molecule has 1 aromatic carbocycles. The summed E-state index contributed by atoms with van der Waals surface area (Å²) in [6.45, 7) is 8.58. The van der Waals surface area contributed by atoms with Crippen LogP contribution in [-0.2, 0) is 4.79 Å². The van der Waals surface area contributed by atoms with Crippen molar-refractivity contribution in [1.82, 2.24) is 25.5 Å². The van der Waals surface area contributed by atoms with Gasteiger partial charge in [-0.15, -0.1) is 0 Å². The third kappa shape index (κ3) is 6.04. The van der Waals surface area contributed by atoms with E-state index in [1.54, 1.807) is 24.5 Å². The van der Waals surface area contributed by atoms with Crippen molar-refractivity contribution < 1.29 is 19.4 Å². The maximum absolute atomic E-state index is 13.7. The Labute approximate surface area is 191 Å². The van der Waals surface area contributed by atoms with Crippen LogP contribution in [0.5, 0.6) is 5.75 Å². The third-order valence-electron chi connectivity index (χ3n) is 5.37. The molecule has 1 fully saturated rings. The fourth-order valence-electron chi connectivity index (χ4n) is 4.56. The smallest absolute Gasteiger partial charge is 0.290 e. The van der Waals surface area contributed by atoms with Crippen molar-refractivity contribution in [2.45, 2.75) is 57.7 Å². The van der Waals surface area contributed by atoms with E-state index in [2.05, 4.69) is 58.5 Å². The Hall–Kier alpha value is -3.53. The summed E-state index contributed by atoms with van der Waals surface area (Å²) in [7, 11) is 0. The van der Waals surface area contributed by atoms with Gasteiger partial charge in [0.25, 0.3) is 6.47 Å². The number of benzene rings is 1. The van der Waals surface area contributed by atoms with E-state index in [-0.39, 0.29) is 29.3 Å². The zero-order chi connectivity index (χ0) is 24.2. The normalized spacial score (nSPS) is 17.0. The first-order valence-corrected chi connectivity index (χ1v) is 10.5.